The average Bonchev–Trinajstić information content (AvgIpc) is 2.81. The van der Waals surface area contributed by atoms with Gasteiger partial charge in [0.05, 0.1) is 5.92 Å². The molecule has 1 fully saturated rings. The lowest BCUT2D eigenvalue weighted by Gasteiger charge is -2.17. The van der Waals surface area contributed by atoms with E-state index in [1.807, 2.05) is 0 Å². The predicted molar refractivity (Wildman–Crippen MR) is 78.0 cm³/mol. The van der Waals surface area contributed by atoms with Crippen molar-refractivity contribution < 1.29 is 19.5 Å². The summed E-state index contributed by atoms with van der Waals surface area (Å²) in [5, 5.41) is 11.8. The van der Waals surface area contributed by atoms with Crippen LogP contribution in [0.25, 0.3) is 0 Å². The van der Waals surface area contributed by atoms with E-state index in [2.05, 4.69) is 5.32 Å². The molecule has 1 atom stereocenters. The predicted octanol–water partition coefficient (Wildman–Crippen LogP) is 1.72. The molecule has 0 unspecified atom stereocenters. The third-order valence-corrected chi connectivity index (χ3v) is 3.42. The summed E-state index contributed by atoms with van der Waals surface area (Å²) in [5.41, 5.74) is 1.20. The first-order valence-corrected chi connectivity index (χ1v) is 6.82. The molecule has 2 amide bonds. The summed E-state index contributed by atoms with van der Waals surface area (Å²) >= 11 is 0. The zero-order chi connectivity index (χ0) is 15.6. The molecule has 1 aromatic rings. The normalized spacial score (nSPS) is 18.1. The van der Waals surface area contributed by atoms with Crippen LogP contribution in [0.4, 0.5) is 11.4 Å². The second kappa shape index (κ2) is 5.95. The first kappa shape index (κ1) is 15.0. The molecule has 1 heterocycles. The summed E-state index contributed by atoms with van der Waals surface area (Å²) in [4.78, 5) is 36.0. The molecule has 0 radical (unpaired) electrons. The van der Waals surface area contributed by atoms with Crippen molar-refractivity contribution in [3.63, 3.8) is 0 Å². The molecule has 0 spiro atoms. The van der Waals surface area contributed by atoms with Crippen molar-refractivity contribution in [3.05, 3.63) is 24.3 Å². The maximum Gasteiger partial charge on any atom is 0.308 e. The summed E-state index contributed by atoms with van der Waals surface area (Å²) in [7, 11) is 0. The van der Waals surface area contributed by atoms with Gasteiger partial charge in [0, 0.05) is 30.3 Å². The molecule has 2 rings (SSSR count). The minimum absolute atomic E-state index is 0.0118. The van der Waals surface area contributed by atoms with Gasteiger partial charge in [-0.3, -0.25) is 14.4 Å². The van der Waals surface area contributed by atoms with Crippen LogP contribution in [0.2, 0.25) is 0 Å². The number of carboxylic acid groups (broad SMARTS) is 1. The van der Waals surface area contributed by atoms with Gasteiger partial charge in [-0.05, 0) is 18.2 Å². The Morgan fingerprint density at radius 1 is 1.38 bits per heavy atom. The lowest BCUT2D eigenvalue weighted by atomic mass is 10.1. The van der Waals surface area contributed by atoms with E-state index < -0.39 is 11.9 Å². The van der Waals surface area contributed by atoms with Crippen LogP contribution in [0.5, 0.6) is 0 Å². The Morgan fingerprint density at radius 2 is 2.10 bits per heavy atom. The first-order chi connectivity index (χ1) is 9.88. The highest BCUT2D eigenvalue weighted by atomic mass is 16.4. The SMILES string of the molecule is CC(C)C(=O)Nc1cccc(N2C[C@H](C(=O)O)CC2=O)c1. The number of amides is 2. The number of carbonyl (C=O) groups excluding carboxylic acids is 2. The minimum Gasteiger partial charge on any atom is -0.481 e. The molecule has 0 aliphatic carbocycles. The number of hydrogen-bond donors (Lipinski definition) is 2. The van der Waals surface area contributed by atoms with Crippen LogP contribution < -0.4 is 10.2 Å². The van der Waals surface area contributed by atoms with Crippen LogP contribution in [0.3, 0.4) is 0 Å². The van der Waals surface area contributed by atoms with Gasteiger partial charge in [-0.1, -0.05) is 19.9 Å². The number of benzene rings is 1. The second-order valence-corrected chi connectivity index (χ2v) is 5.44. The van der Waals surface area contributed by atoms with Crippen LogP contribution in [0.1, 0.15) is 20.3 Å². The summed E-state index contributed by atoms with van der Waals surface area (Å²) in [6, 6.07) is 6.88. The van der Waals surface area contributed by atoms with Gasteiger partial charge >= 0.3 is 5.97 Å². The van der Waals surface area contributed by atoms with Gasteiger partial charge in [0.1, 0.15) is 0 Å². The molecule has 0 bridgehead atoms. The number of aliphatic carboxylic acids is 1. The van der Waals surface area contributed by atoms with Crippen molar-refractivity contribution >= 4 is 29.2 Å². The smallest absolute Gasteiger partial charge is 0.308 e. The van der Waals surface area contributed by atoms with Gasteiger partial charge in [-0.2, -0.15) is 0 Å². The summed E-state index contributed by atoms with van der Waals surface area (Å²) in [6.45, 7) is 3.75. The fourth-order valence-corrected chi connectivity index (χ4v) is 2.16. The van der Waals surface area contributed by atoms with E-state index >= 15 is 0 Å². The molecular weight excluding hydrogens is 272 g/mol. The molecule has 6 nitrogen and oxygen atoms in total. The lowest BCUT2D eigenvalue weighted by Crippen LogP contribution is -2.26. The number of hydrogen-bond acceptors (Lipinski definition) is 3. The van der Waals surface area contributed by atoms with Crippen molar-refractivity contribution in [2.24, 2.45) is 11.8 Å². The van der Waals surface area contributed by atoms with E-state index in [9.17, 15) is 14.4 Å². The van der Waals surface area contributed by atoms with E-state index in [-0.39, 0.29) is 30.7 Å². The van der Waals surface area contributed by atoms with E-state index in [4.69, 9.17) is 5.11 Å². The lowest BCUT2D eigenvalue weighted by molar-refractivity contribution is -0.141. The van der Waals surface area contributed by atoms with Crippen molar-refractivity contribution in [2.45, 2.75) is 20.3 Å². The Labute approximate surface area is 122 Å². The highest BCUT2D eigenvalue weighted by molar-refractivity contribution is 6.00. The van der Waals surface area contributed by atoms with Crippen LogP contribution >= 0.6 is 0 Å². The highest BCUT2D eigenvalue weighted by Crippen LogP contribution is 2.27. The third-order valence-electron chi connectivity index (χ3n) is 3.42. The zero-order valence-corrected chi connectivity index (χ0v) is 12.0. The van der Waals surface area contributed by atoms with Gasteiger partial charge in [0.15, 0.2) is 0 Å². The second-order valence-electron chi connectivity index (χ2n) is 5.44. The molecule has 112 valence electrons. The van der Waals surface area contributed by atoms with Crippen LogP contribution in [0, 0.1) is 11.8 Å². The first-order valence-electron chi connectivity index (χ1n) is 6.82. The molecular formula is C15H18N2O4. The quantitative estimate of drug-likeness (QED) is 0.884. The Kier molecular flexibility index (Phi) is 4.26. The molecule has 1 aliphatic heterocycles. The average molecular weight is 290 g/mol. The van der Waals surface area contributed by atoms with Crippen LogP contribution in [-0.2, 0) is 14.4 Å². The van der Waals surface area contributed by atoms with Gasteiger partial charge in [0.25, 0.3) is 0 Å². The largest absolute Gasteiger partial charge is 0.481 e. The van der Waals surface area contributed by atoms with E-state index in [1.165, 1.54) is 4.90 Å². The van der Waals surface area contributed by atoms with E-state index in [0.717, 1.165) is 0 Å². The maximum absolute atomic E-state index is 11.9. The third kappa shape index (κ3) is 3.39. The zero-order valence-electron chi connectivity index (χ0n) is 12.0. The van der Waals surface area contributed by atoms with Crippen LogP contribution in [0.15, 0.2) is 24.3 Å². The maximum atomic E-state index is 11.9. The van der Waals surface area contributed by atoms with Crippen molar-refractivity contribution in [3.8, 4) is 0 Å². The van der Waals surface area contributed by atoms with Gasteiger partial charge < -0.3 is 15.3 Å². The van der Waals surface area contributed by atoms with Gasteiger partial charge in [0.2, 0.25) is 11.8 Å². The van der Waals surface area contributed by atoms with Gasteiger partial charge in [-0.15, -0.1) is 0 Å². The number of rotatable bonds is 4. The van der Waals surface area contributed by atoms with Crippen molar-refractivity contribution in [2.75, 3.05) is 16.8 Å². The molecule has 1 aliphatic rings. The topological polar surface area (TPSA) is 86.7 Å². The monoisotopic (exact) mass is 290 g/mol. The van der Waals surface area contributed by atoms with Crippen LogP contribution in [-0.4, -0.2) is 29.4 Å². The number of carbonyl (C=O) groups is 3. The Hall–Kier alpha value is -2.37. The number of carboxylic acids is 1. The number of nitrogens with zero attached hydrogens (tertiary/aromatic N) is 1. The van der Waals surface area contributed by atoms with Crippen molar-refractivity contribution in [1.29, 1.82) is 0 Å². The van der Waals surface area contributed by atoms with Crippen molar-refractivity contribution in [1.82, 2.24) is 0 Å². The summed E-state index contributed by atoms with van der Waals surface area (Å²) in [5.74, 6) is -2.10. The number of anilines is 2. The molecule has 0 saturated carbocycles. The standard InChI is InChI=1S/C15H18N2O4/c1-9(2)14(19)16-11-4-3-5-12(7-11)17-8-10(15(20)21)6-13(17)18/h3-5,7,9-10H,6,8H2,1-2H3,(H,16,19)(H,20,21)/t10-/m1/s1. The molecule has 21 heavy (non-hydrogen) atoms. The summed E-state index contributed by atoms with van der Waals surface area (Å²) < 4.78 is 0. The highest BCUT2D eigenvalue weighted by Gasteiger charge is 2.35. The van der Waals surface area contributed by atoms with Gasteiger partial charge in [-0.25, -0.2) is 0 Å². The molecule has 0 aromatic heterocycles. The Morgan fingerprint density at radius 3 is 2.67 bits per heavy atom. The summed E-state index contributed by atoms with van der Waals surface area (Å²) in [6.07, 6.45) is 0.0118. The minimum atomic E-state index is -0.963. The number of nitrogens with one attached hydrogen (secondary N) is 1. The van der Waals surface area contributed by atoms with E-state index in [0.29, 0.717) is 11.4 Å². The Bertz CT molecular complexity index is 583. The van der Waals surface area contributed by atoms with E-state index in [1.54, 1.807) is 38.1 Å². The molecule has 1 saturated heterocycles. The fourth-order valence-electron chi connectivity index (χ4n) is 2.16. The molecule has 1 aromatic carbocycles. The Balaban J connectivity index is 2.16. The molecule has 6 heteroatoms. The fraction of sp³-hybridized carbons (Fsp3) is 0.400. The molecule has 2 N–H and O–H groups in total.